The van der Waals surface area contributed by atoms with Crippen LogP contribution in [0.2, 0.25) is 0 Å². The van der Waals surface area contributed by atoms with E-state index in [2.05, 4.69) is 0 Å². The molecule has 0 aromatic rings. The molecular formula is C7H12F3. The highest BCUT2D eigenvalue weighted by molar-refractivity contribution is 4.72. The van der Waals surface area contributed by atoms with Gasteiger partial charge in [0.2, 0.25) is 0 Å². The highest BCUT2D eigenvalue weighted by atomic mass is 19.4. The Hall–Kier alpha value is -0.210. The predicted octanol–water partition coefficient (Wildman–Crippen LogP) is 3.19. The van der Waals surface area contributed by atoms with E-state index in [-0.39, 0.29) is 5.92 Å². The minimum Gasteiger partial charge on any atom is -0.171 e. The third kappa shape index (κ3) is 5.92. The van der Waals surface area contributed by atoms with Gasteiger partial charge in [0.05, 0.1) is 0 Å². The average molecular weight is 153 g/mol. The first-order valence-electron chi connectivity index (χ1n) is 3.35. The first kappa shape index (κ1) is 9.79. The third-order valence-corrected chi connectivity index (χ3v) is 1.19. The first-order chi connectivity index (χ1) is 4.45. The van der Waals surface area contributed by atoms with Crippen molar-refractivity contribution >= 4 is 0 Å². The Morgan fingerprint density at radius 2 is 1.90 bits per heavy atom. The van der Waals surface area contributed by atoms with Crippen LogP contribution in [0.1, 0.15) is 26.7 Å². The fraction of sp³-hybridized carbons (Fsp3) is 0.857. The van der Waals surface area contributed by atoms with Crippen molar-refractivity contribution in [2.45, 2.75) is 32.9 Å². The molecule has 0 spiro atoms. The minimum atomic E-state index is -4.01. The van der Waals surface area contributed by atoms with Gasteiger partial charge in [-0.2, -0.15) is 13.2 Å². The van der Waals surface area contributed by atoms with Crippen LogP contribution in [0.15, 0.2) is 0 Å². The van der Waals surface area contributed by atoms with Crippen molar-refractivity contribution in [1.82, 2.24) is 0 Å². The van der Waals surface area contributed by atoms with Crippen LogP contribution in [0.3, 0.4) is 0 Å². The Balaban J connectivity index is 3.47. The Morgan fingerprint density at radius 1 is 1.40 bits per heavy atom. The molecule has 0 aliphatic rings. The summed E-state index contributed by atoms with van der Waals surface area (Å²) >= 11 is 0. The average Bonchev–Trinajstić information content (AvgIpc) is 1.59. The van der Waals surface area contributed by atoms with E-state index in [4.69, 9.17) is 0 Å². The number of halogens is 3. The molecule has 1 radical (unpaired) electrons. The quantitative estimate of drug-likeness (QED) is 0.584. The van der Waals surface area contributed by atoms with Crippen LogP contribution in [0.5, 0.6) is 0 Å². The minimum absolute atomic E-state index is 0.343. The Labute approximate surface area is 59.4 Å². The second-order valence-corrected chi connectivity index (χ2v) is 2.44. The number of hydrogen-bond donors (Lipinski definition) is 0. The van der Waals surface area contributed by atoms with Gasteiger partial charge in [-0.3, -0.25) is 0 Å². The summed E-state index contributed by atoms with van der Waals surface area (Å²) in [7, 11) is 0. The molecule has 10 heavy (non-hydrogen) atoms. The molecule has 0 saturated carbocycles. The van der Waals surface area contributed by atoms with Gasteiger partial charge >= 0.3 is 6.18 Å². The topological polar surface area (TPSA) is 0 Å². The molecule has 1 atom stereocenters. The summed E-state index contributed by atoms with van der Waals surface area (Å²) in [6.07, 6.45) is -2.32. The van der Waals surface area contributed by atoms with Gasteiger partial charge in [0, 0.05) is 6.42 Å². The number of alkyl halides is 3. The largest absolute Gasteiger partial charge is 0.389 e. The summed E-state index contributed by atoms with van der Waals surface area (Å²) in [6, 6.07) is 0. The van der Waals surface area contributed by atoms with Gasteiger partial charge < -0.3 is 0 Å². The van der Waals surface area contributed by atoms with Crippen LogP contribution in [0.4, 0.5) is 13.2 Å². The van der Waals surface area contributed by atoms with Crippen LogP contribution >= 0.6 is 0 Å². The van der Waals surface area contributed by atoms with Crippen molar-refractivity contribution in [3.63, 3.8) is 0 Å². The van der Waals surface area contributed by atoms with E-state index >= 15 is 0 Å². The fourth-order valence-electron chi connectivity index (χ4n) is 0.851. The highest BCUT2D eigenvalue weighted by Gasteiger charge is 2.29. The molecule has 0 aromatic carbocycles. The van der Waals surface area contributed by atoms with E-state index in [9.17, 15) is 13.2 Å². The van der Waals surface area contributed by atoms with Crippen molar-refractivity contribution in [3.05, 3.63) is 6.42 Å². The van der Waals surface area contributed by atoms with Gasteiger partial charge in [-0.15, -0.1) is 0 Å². The first-order valence-corrected chi connectivity index (χ1v) is 3.35. The maximum Gasteiger partial charge on any atom is 0.389 e. The van der Waals surface area contributed by atoms with E-state index in [1.54, 1.807) is 13.3 Å². The van der Waals surface area contributed by atoms with Crippen LogP contribution in [0, 0.1) is 12.3 Å². The molecule has 0 aliphatic carbocycles. The highest BCUT2D eigenvalue weighted by Crippen LogP contribution is 2.26. The molecule has 1 unspecified atom stereocenters. The molecule has 0 saturated heterocycles. The summed E-state index contributed by atoms with van der Waals surface area (Å²) in [5.41, 5.74) is 0. The zero-order valence-corrected chi connectivity index (χ0v) is 6.20. The number of hydrogen-bond acceptors (Lipinski definition) is 0. The van der Waals surface area contributed by atoms with Crippen LogP contribution < -0.4 is 0 Å². The molecule has 0 N–H and O–H groups in total. The molecule has 0 fully saturated rings. The van der Waals surface area contributed by atoms with Gasteiger partial charge in [0.25, 0.3) is 0 Å². The third-order valence-electron chi connectivity index (χ3n) is 1.19. The zero-order chi connectivity index (χ0) is 8.20. The van der Waals surface area contributed by atoms with Crippen molar-refractivity contribution in [1.29, 1.82) is 0 Å². The second kappa shape index (κ2) is 3.84. The van der Waals surface area contributed by atoms with Gasteiger partial charge in [-0.25, -0.2) is 0 Å². The molecule has 3 heteroatoms. The monoisotopic (exact) mass is 153 g/mol. The Morgan fingerprint density at radius 3 is 2.20 bits per heavy atom. The Bertz CT molecular complexity index is 85.3. The second-order valence-electron chi connectivity index (χ2n) is 2.44. The van der Waals surface area contributed by atoms with Crippen LogP contribution in [-0.4, -0.2) is 6.18 Å². The Kier molecular flexibility index (Phi) is 3.76. The van der Waals surface area contributed by atoms with E-state index < -0.39 is 12.6 Å². The van der Waals surface area contributed by atoms with E-state index in [0.717, 1.165) is 0 Å². The molecular weight excluding hydrogens is 141 g/mol. The van der Waals surface area contributed by atoms with Crippen molar-refractivity contribution < 1.29 is 13.2 Å². The number of rotatable bonds is 3. The van der Waals surface area contributed by atoms with Crippen molar-refractivity contribution in [2.24, 2.45) is 5.92 Å². The molecule has 0 aliphatic heterocycles. The van der Waals surface area contributed by atoms with Gasteiger partial charge in [-0.05, 0) is 12.3 Å². The molecule has 0 nitrogen and oxygen atoms in total. The molecule has 0 bridgehead atoms. The fourth-order valence-corrected chi connectivity index (χ4v) is 0.851. The molecule has 0 aromatic heterocycles. The summed E-state index contributed by atoms with van der Waals surface area (Å²) in [6.45, 7) is 3.42. The van der Waals surface area contributed by atoms with Crippen LogP contribution in [-0.2, 0) is 0 Å². The van der Waals surface area contributed by atoms with Crippen molar-refractivity contribution in [3.8, 4) is 0 Å². The molecule has 0 heterocycles. The normalized spacial score (nSPS) is 15.3. The van der Waals surface area contributed by atoms with Gasteiger partial charge in [0.15, 0.2) is 0 Å². The summed E-state index contributed by atoms with van der Waals surface area (Å²) in [5, 5.41) is 0. The molecule has 61 valence electrons. The molecule has 0 rings (SSSR count). The molecule has 0 amide bonds. The lowest BCUT2D eigenvalue weighted by molar-refractivity contribution is -0.141. The van der Waals surface area contributed by atoms with E-state index in [1.165, 1.54) is 0 Å². The standard InChI is InChI=1S/C7H12F3/c1-3-4-6(2)5-7(8,9)10/h4,6H,3,5H2,1-2H3. The van der Waals surface area contributed by atoms with E-state index in [0.29, 0.717) is 6.42 Å². The van der Waals surface area contributed by atoms with Crippen LogP contribution in [0.25, 0.3) is 0 Å². The lowest BCUT2D eigenvalue weighted by Gasteiger charge is -2.11. The summed E-state index contributed by atoms with van der Waals surface area (Å²) in [4.78, 5) is 0. The van der Waals surface area contributed by atoms with E-state index in [1.807, 2.05) is 6.92 Å². The SMILES string of the molecule is CC[CH]C(C)CC(F)(F)F. The predicted molar refractivity (Wildman–Crippen MR) is 34.4 cm³/mol. The maximum atomic E-state index is 11.6. The summed E-state index contributed by atoms with van der Waals surface area (Å²) in [5.74, 6) is -0.343. The van der Waals surface area contributed by atoms with Gasteiger partial charge in [-0.1, -0.05) is 20.3 Å². The lowest BCUT2D eigenvalue weighted by Crippen LogP contribution is -2.12. The zero-order valence-electron chi connectivity index (χ0n) is 6.20. The maximum absolute atomic E-state index is 11.6. The smallest absolute Gasteiger partial charge is 0.171 e. The van der Waals surface area contributed by atoms with Crippen molar-refractivity contribution in [2.75, 3.05) is 0 Å². The summed E-state index contributed by atoms with van der Waals surface area (Å²) < 4.78 is 34.8. The van der Waals surface area contributed by atoms with Gasteiger partial charge in [0.1, 0.15) is 0 Å². The lowest BCUT2D eigenvalue weighted by atomic mass is 10.0.